The Bertz CT molecular complexity index is 2380. The summed E-state index contributed by atoms with van der Waals surface area (Å²) < 4.78 is 57.2. The van der Waals surface area contributed by atoms with Crippen molar-refractivity contribution in [2.75, 3.05) is 26.3 Å². The summed E-state index contributed by atoms with van der Waals surface area (Å²) in [6, 6.07) is 25.8. The summed E-state index contributed by atoms with van der Waals surface area (Å²) in [5.74, 6) is -1.91. The number of unbranched alkanes of at least 4 members (excludes halogenated alkanes) is 2. The second-order valence-electron chi connectivity index (χ2n) is 21.0. The molecule has 440 valence electrons. The molecule has 18 atom stereocenters. The highest BCUT2D eigenvalue weighted by Crippen LogP contribution is 2.38. The van der Waals surface area contributed by atoms with Crippen molar-refractivity contribution in [2.24, 2.45) is 17.0 Å². The third-order valence-electron chi connectivity index (χ3n) is 15.0. The summed E-state index contributed by atoms with van der Waals surface area (Å²) in [6.07, 6.45) is -14.9. The highest BCUT2D eigenvalue weighted by atomic mass is 16.8. The Hall–Kier alpha value is -5.50. The molecule has 0 aromatic heterocycles. The van der Waals surface area contributed by atoms with Crippen molar-refractivity contribution in [3.05, 3.63) is 118 Å². The molecule has 3 aliphatic heterocycles. The van der Waals surface area contributed by atoms with Gasteiger partial charge in [-0.05, 0) is 67.2 Å². The number of azide groups is 1. The van der Waals surface area contributed by atoms with Crippen LogP contribution in [0.1, 0.15) is 88.8 Å². The summed E-state index contributed by atoms with van der Waals surface area (Å²) in [5, 5.41) is 69.0. The number of nitrogens with zero attached hydrogens (tertiary/aromatic N) is 3. The Kier molecular flexibility index (Phi) is 24.6. The normalized spacial score (nSPS) is 31.7. The molecule has 4 fully saturated rings. The lowest BCUT2D eigenvalue weighted by molar-refractivity contribution is -0.302. The van der Waals surface area contributed by atoms with E-state index in [4.69, 9.17) is 48.2 Å². The molecule has 7 rings (SSSR count). The van der Waals surface area contributed by atoms with Gasteiger partial charge in [-0.3, -0.25) is 4.79 Å². The van der Waals surface area contributed by atoms with Crippen LogP contribution in [-0.2, 0) is 67.1 Å². The number of amides is 3. The Morgan fingerprint density at radius 3 is 1.98 bits per heavy atom. The first-order chi connectivity index (χ1) is 38.8. The Balaban J connectivity index is 1.17. The van der Waals surface area contributed by atoms with Crippen LogP contribution in [0, 0.1) is 11.8 Å². The molecule has 23 nitrogen and oxygen atoms in total. The number of carbonyl (C=O) groups is 3. The van der Waals surface area contributed by atoms with Gasteiger partial charge in [0.05, 0.1) is 37.4 Å². The summed E-state index contributed by atoms with van der Waals surface area (Å²) in [6.45, 7) is 4.43. The Labute approximate surface area is 466 Å². The quantitative estimate of drug-likeness (QED) is 0.0219. The lowest BCUT2D eigenvalue weighted by atomic mass is 9.83. The topological polar surface area (TPSA) is 320 Å². The molecule has 23 heteroatoms. The predicted octanol–water partition coefficient (Wildman–Crippen LogP) is 4.82. The minimum atomic E-state index is -1.63. The molecular formula is C57H80N6O17. The number of alkyl carbamates (subject to hydrolysis) is 2. The van der Waals surface area contributed by atoms with E-state index in [2.05, 4.69) is 38.1 Å². The molecule has 4 aliphatic rings. The molecule has 0 radical (unpaired) electrons. The van der Waals surface area contributed by atoms with Gasteiger partial charge in [0.25, 0.3) is 0 Å². The maximum atomic E-state index is 13.8. The summed E-state index contributed by atoms with van der Waals surface area (Å²) >= 11 is 0. The van der Waals surface area contributed by atoms with E-state index in [1.165, 1.54) is 5.56 Å². The van der Waals surface area contributed by atoms with Crippen LogP contribution >= 0.6 is 0 Å². The SMILES string of the molecule is CCC[C@H](O)C(=O)N[C@@H]1C[C@H](NC(=O)OCc2ccccc2)[C@@H](O[C@H]2O[C@H](CN=[N+]=[N-])CC[C@H]2C)[C@H](O[C@@H]2O[C@H](CO)[C@@H](O[C@H]3O[C@@H](CNC(=O)OCc4ccccc4)[C@@H](O)[C@H](O)[C@H]3C)[C@H]2OCCCCCc2ccccc2)[C@H]1O. The predicted molar refractivity (Wildman–Crippen MR) is 287 cm³/mol. The van der Waals surface area contributed by atoms with Gasteiger partial charge in [0.1, 0.15) is 68.1 Å². The van der Waals surface area contributed by atoms with E-state index in [9.17, 15) is 39.9 Å². The van der Waals surface area contributed by atoms with Crippen LogP contribution in [0.3, 0.4) is 0 Å². The van der Waals surface area contributed by atoms with Gasteiger partial charge in [0.15, 0.2) is 18.9 Å². The molecule has 80 heavy (non-hydrogen) atoms. The molecule has 0 spiro atoms. The number of aliphatic hydroxyl groups is 5. The third kappa shape index (κ3) is 17.8. The van der Waals surface area contributed by atoms with Crippen molar-refractivity contribution < 1.29 is 82.5 Å². The van der Waals surface area contributed by atoms with E-state index in [1.54, 1.807) is 50.2 Å². The van der Waals surface area contributed by atoms with Crippen LogP contribution in [0.25, 0.3) is 10.4 Å². The number of carbonyl (C=O) groups excluding carboxylic acids is 3. The maximum absolute atomic E-state index is 13.8. The van der Waals surface area contributed by atoms with E-state index in [1.807, 2.05) is 49.4 Å². The average Bonchev–Trinajstić information content (AvgIpc) is 3.84. The summed E-state index contributed by atoms with van der Waals surface area (Å²) in [7, 11) is 0. The van der Waals surface area contributed by atoms with Gasteiger partial charge in [0, 0.05) is 29.9 Å². The monoisotopic (exact) mass is 1120 g/mol. The average molecular weight is 1120 g/mol. The van der Waals surface area contributed by atoms with E-state index < -0.39 is 129 Å². The minimum absolute atomic E-state index is 0.0125. The molecule has 8 N–H and O–H groups in total. The number of hydrogen-bond donors (Lipinski definition) is 8. The van der Waals surface area contributed by atoms with Crippen LogP contribution in [0.4, 0.5) is 9.59 Å². The standard InChI is InChI=1S/C57H80N6O17/c1-4-17-42(65)52(69)61-40-28-41(62-57(71)74-33-38-23-13-7-14-24-38)48(78-53-34(2)25-26-39(75-53)29-60-63-58)50(46(40)67)80-55-51(72-27-16-8-15-20-36-18-9-5-10-19-36)49(44(31-64)77-55)79-54-35(3)45(66)47(68)43(76-54)30-59-56(70)73-32-37-21-11-6-12-22-37/h5-7,9-14,18-19,21-24,34-35,39-51,53-55,64-68H,4,8,15-17,20,25-33H2,1-3H3,(H,59,70)(H,61,69)(H,62,71)/t34-,35-,39+,40-,41+,42+,43+,44-,45-,46+,47-,48-,49-,50-,51-,53-,54-,55+/m1/s1. The Morgan fingerprint density at radius 2 is 1.32 bits per heavy atom. The van der Waals surface area contributed by atoms with Crippen molar-refractivity contribution in [1.82, 2.24) is 16.0 Å². The van der Waals surface area contributed by atoms with Crippen LogP contribution in [-0.4, -0.2) is 168 Å². The second-order valence-corrected chi connectivity index (χ2v) is 21.0. The van der Waals surface area contributed by atoms with E-state index in [0.29, 0.717) is 31.2 Å². The van der Waals surface area contributed by atoms with Crippen LogP contribution in [0.5, 0.6) is 0 Å². The number of aliphatic hydroxyl groups excluding tert-OH is 5. The first-order valence-corrected chi connectivity index (χ1v) is 27.9. The summed E-state index contributed by atoms with van der Waals surface area (Å²) in [5.41, 5.74) is 11.8. The van der Waals surface area contributed by atoms with Crippen molar-refractivity contribution >= 4 is 18.1 Å². The zero-order valence-electron chi connectivity index (χ0n) is 45.6. The van der Waals surface area contributed by atoms with Crippen molar-refractivity contribution in [2.45, 2.75) is 190 Å². The van der Waals surface area contributed by atoms with Crippen molar-refractivity contribution in [3.8, 4) is 0 Å². The molecule has 0 bridgehead atoms. The van der Waals surface area contributed by atoms with Gasteiger partial charge in [-0.25, -0.2) is 9.59 Å². The first kappa shape index (κ1) is 62.1. The molecule has 1 aliphatic carbocycles. The smallest absolute Gasteiger partial charge is 0.407 e. The number of hydrogen-bond acceptors (Lipinski definition) is 18. The molecule has 3 aromatic carbocycles. The molecule has 3 heterocycles. The van der Waals surface area contributed by atoms with E-state index >= 15 is 0 Å². The van der Waals surface area contributed by atoms with Gasteiger partial charge in [-0.1, -0.05) is 130 Å². The maximum Gasteiger partial charge on any atom is 0.407 e. The fourth-order valence-corrected chi connectivity index (χ4v) is 10.4. The minimum Gasteiger partial charge on any atom is -0.445 e. The molecule has 1 saturated carbocycles. The first-order valence-electron chi connectivity index (χ1n) is 27.9. The molecular weight excluding hydrogens is 1040 g/mol. The Morgan fingerprint density at radius 1 is 0.700 bits per heavy atom. The number of aryl methyl sites for hydroxylation is 1. The third-order valence-corrected chi connectivity index (χ3v) is 15.0. The van der Waals surface area contributed by atoms with Crippen LogP contribution in [0.15, 0.2) is 96.1 Å². The van der Waals surface area contributed by atoms with E-state index in [0.717, 1.165) is 24.8 Å². The second kappa shape index (κ2) is 31.6. The largest absolute Gasteiger partial charge is 0.445 e. The van der Waals surface area contributed by atoms with Crippen LogP contribution in [0.2, 0.25) is 0 Å². The van der Waals surface area contributed by atoms with Gasteiger partial charge in [-0.15, -0.1) is 0 Å². The summed E-state index contributed by atoms with van der Waals surface area (Å²) in [4.78, 5) is 43.1. The lowest BCUT2D eigenvalue weighted by Gasteiger charge is -2.47. The lowest BCUT2D eigenvalue weighted by Crippen LogP contribution is -2.68. The highest BCUT2D eigenvalue weighted by molar-refractivity contribution is 5.80. The molecule has 3 saturated heterocycles. The zero-order valence-corrected chi connectivity index (χ0v) is 45.6. The van der Waals surface area contributed by atoms with Crippen LogP contribution < -0.4 is 16.0 Å². The number of nitrogens with one attached hydrogen (secondary N) is 3. The van der Waals surface area contributed by atoms with Crippen molar-refractivity contribution in [1.29, 1.82) is 0 Å². The van der Waals surface area contributed by atoms with Crippen molar-refractivity contribution in [3.63, 3.8) is 0 Å². The number of rotatable bonds is 27. The molecule has 0 unspecified atom stereocenters. The number of ether oxygens (including phenoxy) is 9. The fraction of sp³-hybridized carbons (Fsp3) is 0.632. The fourth-order valence-electron chi connectivity index (χ4n) is 10.4. The van der Waals surface area contributed by atoms with Gasteiger partial charge in [-0.2, -0.15) is 0 Å². The highest BCUT2D eigenvalue weighted by Gasteiger charge is 2.56. The van der Waals surface area contributed by atoms with E-state index in [-0.39, 0.29) is 51.7 Å². The number of benzene rings is 3. The van der Waals surface area contributed by atoms with Gasteiger partial charge in [0.2, 0.25) is 5.91 Å². The van der Waals surface area contributed by atoms with Gasteiger partial charge < -0.3 is 84.1 Å². The molecule has 3 amide bonds. The van der Waals surface area contributed by atoms with Gasteiger partial charge >= 0.3 is 12.2 Å². The zero-order chi connectivity index (χ0) is 57.0. The molecule has 3 aromatic rings.